The maximum Gasteiger partial charge on any atom is 0.119 e. The molecule has 2 N–H and O–H groups in total. The number of benzene rings is 1. The molecule has 2 rings (SSSR count). The fourth-order valence-corrected chi connectivity index (χ4v) is 3.65. The number of rotatable bonds is 9. The van der Waals surface area contributed by atoms with E-state index in [4.69, 9.17) is 10.5 Å². The van der Waals surface area contributed by atoms with E-state index in [1.165, 1.54) is 37.4 Å². The van der Waals surface area contributed by atoms with Gasteiger partial charge in [-0.15, -0.1) is 0 Å². The molecule has 0 spiro atoms. The lowest BCUT2D eigenvalue weighted by molar-refractivity contribution is 0.295. The van der Waals surface area contributed by atoms with Crippen molar-refractivity contribution in [2.75, 3.05) is 62.3 Å². The number of ether oxygens (including phenoxy) is 1. The second-order valence-electron chi connectivity index (χ2n) is 7.60. The van der Waals surface area contributed by atoms with Crippen molar-refractivity contribution < 1.29 is 4.74 Å². The summed E-state index contributed by atoms with van der Waals surface area (Å²) in [5.41, 5.74) is 6.84. The summed E-state index contributed by atoms with van der Waals surface area (Å²) < 4.78 is 5.53. The summed E-state index contributed by atoms with van der Waals surface area (Å²) in [4.78, 5) is 5.11. The number of anilines is 1. The Kier molecular flexibility index (Phi) is 24.7. The van der Waals surface area contributed by atoms with Gasteiger partial charge in [-0.05, 0) is 68.8 Å². The Morgan fingerprint density at radius 2 is 1.55 bits per heavy atom. The minimum Gasteiger partial charge on any atom is -0.494 e. The van der Waals surface area contributed by atoms with Crippen LogP contribution in [0.25, 0.3) is 0 Å². The fourth-order valence-electron chi connectivity index (χ4n) is 2.95. The zero-order chi connectivity index (χ0) is 23.9. The van der Waals surface area contributed by atoms with Gasteiger partial charge < -0.3 is 20.3 Å². The number of nitrogens with two attached hydrogens (primary N) is 1. The van der Waals surface area contributed by atoms with Crippen LogP contribution in [0.1, 0.15) is 68.2 Å². The van der Waals surface area contributed by atoms with Crippen molar-refractivity contribution in [1.82, 2.24) is 4.90 Å². The Morgan fingerprint density at radius 3 is 2.10 bits per heavy atom. The van der Waals surface area contributed by atoms with Gasteiger partial charge in [-0.2, -0.15) is 11.8 Å². The molecule has 0 aromatic heterocycles. The minimum atomic E-state index is 0.724. The summed E-state index contributed by atoms with van der Waals surface area (Å²) in [6.07, 6.45) is 2.51. The minimum absolute atomic E-state index is 0.724. The van der Waals surface area contributed by atoms with Crippen LogP contribution in [-0.4, -0.2) is 62.3 Å². The highest BCUT2D eigenvalue weighted by molar-refractivity contribution is 7.99. The average molecular weight is 456 g/mol. The number of nitrogens with zero attached hydrogens (tertiary/aromatic N) is 2. The van der Waals surface area contributed by atoms with Crippen LogP contribution < -0.4 is 15.4 Å². The molecule has 4 nitrogen and oxygen atoms in total. The van der Waals surface area contributed by atoms with Gasteiger partial charge in [0.25, 0.3) is 0 Å². The fraction of sp³-hybridized carbons (Fsp3) is 0.769. The zero-order valence-electron chi connectivity index (χ0n) is 22.0. The largest absolute Gasteiger partial charge is 0.494 e. The molecule has 1 aliphatic heterocycles. The Bertz CT molecular complexity index is 465. The van der Waals surface area contributed by atoms with Gasteiger partial charge in [-0.1, -0.05) is 48.5 Å². The molecule has 0 amide bonds. The van der Waals surface area contributed by atoms with Gasteiger partial charge in [0.15, 0.2) is 0 Å². The van der Waals surface area contributed by atoms with Crippen LogP contribution in [0.4, 0.5) is 5.69 Å². The molecule has 1 heterocycles. The monoisotopic (exact) mass is 455 g/mol. The van der Waals surface area contributed by atoms with Gasteiger partial charge in [0, 0.05) is 37.6 Å². The van der Waals surface area contributed by atoms with Crippen LogP contribution in [0.3, 0.4) is 0 Å². The van der Waals surface area contributed by atoms with E-state index >= 15 is 0 Å². The normalized spacial score (nSPS) is 13.7. The van der Waals surface area contributed by atoms with Crippen molar-refractivity contribution in [2.24, 2.45) is 11.7 Å². The van der Waals surface area contributed by atoms with Crippen molar-refractivity contribution >= 4 is 17.4 Å². The molecule has 184 valence electrons. The molecule has 0 radical (unpaired) electrons. The number of hydrogen-bond acceptors (Lipinski definition) is 5. The third-order valence-electron chi connectivity index (χ3n) is 4.13. The zero-order valence-corrected chi connectivity index (χ0v) is 22.8. The Labute approximate surface area is 199 Å². The average Bonchev–Trinajstić information content (AvgIpc) is 3.03. The van der Waals surface area contributed by atoms with Gasteiger partial charge in [0.2, 0.25) is 0 Å². The van der Waals surface area contributed by atoms with E-state index in [0.29, 0.717) is 0 Å². The van der Waals surface area contributed by atoms with Crippen molar-refractivity contribution in [1.29, 1.82) is 0 Å². The van der Waals surface area contributed by atoms with Crippen LogP contribution in [-0.2, 0) is 0 Å². The smallest absolute Gasteiger partial charge is 0.119 e. The molecule has 0 saturated carbocycles. The molecule has 1 fully saturated rings. The van der Waals surface area contributed by atoms with E-state index < -0.39 is 0 Å². The molecular formula is C26H53N3OS. The standard InChI is InChI=1S/C18H31N3OS.C4H10.2C2H6/c1-2-22-18-7-5-17(6-8-18)21-12-3-10-20(13-14-21)11-4-15-23-16-9-19;1-4(2)3;2*1-2/h5-8H,2-4,9-16,19H2,1H3;4H,1-3H3;2*1-2H3. The number of hydrogen-bond donors (Lipinski definition) is 1. The van der Waals surface area contributed by atoms with E-state index in [2.05, 4.69) is 54.8 Å². The van der Waals surface area contributed by atoms with Crippen molar-refractivity contribution in [3.05, 3.63) is 24.3 Å². The second-order valence-corrected chi connectivity index (χ2v) is 8.82. The van der Waals surface area contributed by atoms with E-state index in [1.807, 2.05) is 46.4 Å². The van der Waals surface area contributed by atoms with E-state index in [-0.39, 0.29) is 0 Å². The lowest BCUT2D eigenvalue weighted by Crippen LogP contribution is -2.31. The first-order chi connectivity index (χ1) is 15.1. The Balaban J connectivity index is 0. The predicted molar refractivity (Wildman–Crippen MR) is 145 cm³/mol. The highest BCUT2D eigenvalue weighted by atomic mass is 32.2. The summed E-state index contributed by atoms with van der Waals surface area (Å²) in [7, 11) is 0. The van der Waals surface area contributed by atoms with Gasteiger partial charge in [0.1, 0.15) is 5.75 Å². The van der Waals surface area contributed by atoms with Crippen molar-refractivity contribution in [2.45, 2.75) is 68.2 Å². The lowest BCUT2D eigenvalue weighted by atomic mass is 10.2. The molecule has 0 aliphatic carbocycles. The van der Waals surface area contributed by atoms with Crippen molar-refractivity contribution in [3.63, 3.8) is 0 Å². The van der Waals surface area contributed by atoms with Crippen LogP contribution in [0, 0.1) is 5.92 Å². The molecule has 0 atom stereocenters. The van der Waals surface area contributed by atoms with Crippen LogP contribution >= 0.6 is 11.8 Å². The SMILES string of the molecule is CC.CC.CC(C)C.CCOc1ccc(N2CCCN(CCCSCCN)CC2)cc1. The first kappa shape index (κ1) is 32.3. The van der Waals surface area contributed by atoms with Gasteiger partial charge >= 0.3 is 0 Å². The molecule has 5 heteroatoms. The molecule has 1 saturated heterocycles. The van der Waals surface area contributed by atoms with Gasteiger partial charge in [-0.3, -0.25) is 0 Å². The highest BCUT2D eigenvalue weighted by Gasteiger charge is 2.14. The Morgan fingerprint density at radius 1 is 0.935 bits per heavy atom. The van der Waals surface area contributed by atoms with Crippen LogP contribution in [0.15, 0.2) is 24.3 Å². The molecule has 1 aromatic carbocycles. The first-order valence-electron chi connectivity index (χ1n) is 12.5. The van der Waals surface area contributed by atoms with Gasteiger partial charge in [-0.25, -0.2) is 0 Å². The predicted octanol–water partition coefficient (Wildman–Crippen LogP) is 6.39. The van der Waals surface area contributed by atoms with Gasteiger partial charge in [0.05, 0.1) is 6.61 Å². The summed E-state index contributed by atoms with van der Waals surface area (Å²) in [6.45, 7) is 23.9. The molecule has 1 aliphatic rings. The number of thioether (sulfide) groups is 1. The Hall–Kier alpha value is -0.910. The molecule has 0 unspecified atom stereocenters. The van der Waals surface area contributed by atoms with Crippen LogP contribution in [0.2, 0.25) is 0 Å². The quantitative estimate of drug-likeness (QED) is 0.437. The van der Waals surface area contributed by atoms with E-state index in [0.717, 1.165) is 50.2 Å². The maximum atomic E-state index is 5.53. The lowest BCUT2D eigenvalue weighted by Gasteiger charge is -2.24. The second kappa shape index (κ2) is 23.7. The molecule has 31 heavy (non-hydrogen) atoms. The van der Waals surface area contributed by atoms with Crippen molar-refractivity contribution in [3.8, 4) is 5.75 Å². The summed E-state index contributed by atoms with van der Waals surface area (Å²) in [5.74, 6) is 4.12. The van der Waals surface area contributed by atoms with E-state index in [1.54, 1.807) is 0 Å². The molecule has 0 bridgehead atoms. The summed E-state index contributed by atoms with van der Waals surface area (Å²) in [5, 5.41) is 0. The summed E-state index contributed by atoms with van der Waals surface area (Å²) >= 11 is 1.98. The van der Waals surface area contributed by atoms with E-state index in [9.17, 15) is 0 Å². The van der Waals surface area contributed by atoms with Crippen LogP contribution in [0.5, 0.6) is 5.75 Å². The molecule has 1 aromatic rings. The molecular weight excluding hydrogens is 402 g/mol. The third kappa shape index (κ3) is 18.4. The topological polar surface area (TPSA) is 41.7 Å². The maximum absolute atomic E-state index is 5.53. The third-order valence-corrected chi connectivity index (χ3v) is 5.23. The summed E-state index contributed by atoms with van der Waals surface area (Å²) in [6, 6.07) is 8.53. The highest BCUT2D eigenvalue weighted by Crippen LogP contribution is 2.21. The first-order valence-corrected chi connectivity index (χ1v) is 13.7.